The first-order valence-corrected chi connectivity index (χ1v) is 7.93. The van der Waals surface area contributed by atoms with Gasteiger partial charge in [-0.2, -0.15) is 0 Å². The van der Waals surface area contributed by atoms with Crippen LogP contribution in [-0.4, -0.2) is 56.6 Å². The molecule has 0 aromatic heterocycles. The first-order valence-electron chi connectivity index (χ1n) is 7.93. The Labute approximate surface area is 154 Å². The molecular weight excluding hydrogens is 356 g/mol. The molecule has 142 valence electrons. The number of allylic oxidation sites excluding steroid dienone is 2. The Morgan fingerprint density at radius 3 is 2.41 bits per heavy atom. The number of phenolic OH excluding ortho intramolecular Hbond substituents is 1. The van der Waals surface area contributed by atoms with E-state index in [4.69, 9.17) is 10.2 Å². The zero-order valence-electron chi connectivity index (χ0n) is 14.1. The van der Waals surface area contributed by atoms with E-state index in [-0.39, 0.29) is 24.3 Å². The van der Waals surface area contributed by atoms with Crippen molar-refractivity contribution in [1.82, 2.24) is 5.32 Å². The van der Waals surface area contributed by atoms with Gasteiger partial charge in [-0.25, -0.2) is 14.4 Å². The predicted molar refractivity (Wildman–Crippen MR) is 94.7 cm³/mol. The lowest BCUT2D eigenvalue weighted by Crippen LogP contribution is -2.41. The molecule has 0 radical (unpaired) electrons. The van der Waals surface area contributed by atoms with Crippen LogP contribution in [0.5, 0.6) is 5.75 Å². The Balaban J connectivity index is 2.15. The van der Waals surface area contributed by atoms with Gasteiger partial charge in [-0.3, -0.25) is 4.99 Å². The largest absolute Gasteiger partial charge is 0.508 e. The first kappa shape index (κ1) is 19.7. The minimum atomic E-state index is -1.29. The Morgan fingerprint density at radius 2 is 1.85 bits per heavy atom. The van der Waals surface area contributed by atoms with E-state index in [9.17, 15) is 24.6 Å². The van der Waals surface area contributed by atoms with Crippen molar-refractivity contribution in [2.24, 2.45) is 4.99 Å². The molecular formula is C18H18N2O7. The molecule has 0 fully saturated rings. The van der Waals surface area contributed by atoms with Gasteiger partial charge in [-0.05, 0) is 35.4 Å². The van der Waals surface area contributed by atoms with Crippen molar-refractivity contribution in [2.75, 3.05) is 0 Å². The summed E-state index contributed by atoms with van der Waals surface area (Å²) in [5, 5.41) is 39.1. The van der Waals surface area contributed by atoms with Crippen LogP contribution in [0.3, 0.4) is 0 Å². The number of aromatic hydroxyl groups is 1. The minimum absolute atomic E-state index is 0.0355. The molecule has 1 aromatic rings. The van der Waals surface area contributed by atoms with Crippen LogP contribution in [0.4, 0.5) is 0 Å². The molecule has 0 bridgehead atoms. The normalized spacial score (nSPS) is 19.3. The molecule has 1 aliphatic heterocycles. The van der Waals surface area contributed by atoms with Crippen molar-refractivity contribution in [3.8, 4) is 5.75 Å². The number of carbonyl (C=O) groups is 3. The summed E-state index contributed by atoms with van der Waals surface area (Å²) in [6.45, 7) is 0. The fraction of sp³-hybridized carbons (Fsp3) is 0.222. The summed E-state index contributed by atoms with van der Waals surface area (Å²) in [5.74, 6) is -3.56. The molecule has 1 heterocycles. The molecule has 9 heteroatoms. The maximum absolute atomic E-state index is 11.4. The molecule has 1 aliphatic rings. The highest BCUT2D eigenvalue weighted by Crippen LogP contribution is 2.17. The average Bonchev–Trinajstić information content (AvgIpc) is 2.62. The van der Waals surface area contributed by atoms with Crippen molar-refractivity contribution in [3.63, 3.8) is 0 Å². The summed E-state index contributed by atoms with van der Waals surface area (Å²) in [6.07, 6.45) is 4.05. The van der Waals surface area contributed by atoms with Crippen molar-refractivity contribution in [2.45, 2.75) is 24.9 Å². The second-order valence-corrected chi connectivity index (χ2v) is 5.87. The van der Waals surface area contributed by atoms with Crippen molar-refractivity contribution >= 4 is 24.1 Å². The Morgan fingerprint density at radius 1 is 1.19 bits per heavy atom. The standard InChI is InChI=1S/C18H18N2O7/c21-12-3-1-10(2-4-12)7-13(16(22)23)19-6-5-11-8-14(17(24)25)20-15(9-11)18(26)27/h1-6,8,13,15,20-21H,7,9H2,(H,22,23)(H,24,25)(H,26,27)/b11-5-,19-6+/t13-,15-/m0/s1. The predicted octanol–water partition coefficient (Wildman–Crippen LogP) is 0.800. The summed E-state index contributed by atoms with van der Waals surface area (Å²) in [5.41, 5.74) is 0.814. The first-order chi connectivity index (χ1) is 12.8. The quantitative estimate of drug-likeness (QED) is 0.439. The number of phenols is 1. The maximum Gasteiger partial charge on any atom is 0.351 e. The average molecular weight is 374 g/mol. The van der Waals surface area contributed by atoms with Crippen LogP contribution in [0.25, 0.3) is 0 Å². The molecule has 27 heavy (non-hydrogen) atoms. The second kappa shape index (κ2) is 8.65. The van der Waals surface area contributed by atoms with E-state index in [0.29, 0.717) is 11.1 Å². The lowest BCUT2D eigenvalue weighted by Gasteiger charge is -2.21. The molecule has 0 spiro atoms. The zero-order valence-corrected chi connectivity index (χ0v) is 14.1. The van der Waals surface area contributed by atoms with Gasteiger partial charge in [0.05, 0.1) is 0 Å². The number of aliphatic carboxylic acids is 3. The highest BCUT2D eigenvalue weighted by atomic mass is 16.4. The van der Waals surface area contributed by atoms with Gasteiger partial charge < -0.3 is 25.7 Å². The number of hydrogen-bond donors (Lipinski definition) is 5. The fourth-order valence-electron chi connectivity index (χ4n) is 2.45. The lowest BCUT2D eigenvalue weighted by molar-refractivity contribution is -0.140. The molecule has 0 unspecified atom stereocenters. The van der Waals surface area contributed by atoms with Crippen LogP contribution in [0.15, 0.2) is 52.7 Å². The summed E-state index contributed by atoms with van der Waals surface area (Å²) in [6, 6.07) is 3.90. The summed E-state index contributed by atoms with van der Waals surface area (Å²) < 4.78 is 0. The molecule has 0 aliphatic carbocycles. The SMILES string of the molecule is O=C(O)C1=C/C(=C/C=N/[C@@H](Cc2ccc(O)cc2)C(=O)O)C[C@@H](C(=O)O)N1. The van der Waals surface area contributed by atoms with E-state index in [1.165, 1.54) is 30.5 Å². The van der Waals surface area contributed by atoms with E-state index < -0.39 is 30.0 Å². The maximum atomic E-state index is 11.4. The molecule has 9 nitrogen and oxygen atoms in total. The van der Waals surface area contributed by atoms with Crippen LogP contribution < -0.4 is 5.32 Å². The van der Waals surface area contributed by atoms with Gasteiger partial charge in [-0.15, -0.1) is 0 Å². The van der Waals surface area contributed by atoms with Crippen molar-refractivity contribution in [3.05, 3.63) is 53.3 Å². The van der Waals surface area contributed by atoms with Gasteiger partial charge in [0.2, 0.25) is 0 Å². The van der Waals surface area contributed by atoms with E-state index in [1.807, 2.05) is 0 Å². The summed E-state index contributed by atoms with van der Waals surface area (Å²) >= 11 is 0. The van der Waals surface area contributed by atoms with Gasteiger partial charge in [0, 0.05) is 19.1 Å². The van der Waals surface area contributed by atoms with Gasteiger partial charge in [0.1, 0.15) is 17.5 Å². The van der Waals surface area contributed by atoms with Crippen molar-refractivity contribution < 1.29 is 34.8 Å². The van der Waals surface area contributed by atoms with Gasteiger partial charge in [-0.1, -0.05) is 12.1 Å². The Bertz CT molecular complexity index is 825. The number of hydrogen-bond acceptors (Lipinski definition) is 6. The smallest absolute Gasteiger partial charge is 0.351 e. The van der Waals surface area contributed by atoms with E-state index in [0.717, 1.165) is 0 Å². The van der Waals surface area contributed by atoms with Gasteiger partial charge >= 0.3 is 17.9 Å². The minimum Gasteiger partial charge on any atom is -0.508 e. The molecule has 5 N–H and O–H groups in total. The van der Waals surface area contributed by atoms with Gasteiger partial charge in [0.15, 0.2) is 6.04 Å². The summed E-state index contributed by atoms with van der Waals surface area (Å²) in [7, 11) is 0. The highest BCUT2D eigenvalue weighted by molar-refractivity contribution is 5.90. The van der Waals surface area contributed by atoms with E-state index >= 15 is 0 Å². The third kappa shape index (κ3) is 5.70. The van der Waals surface area contributed by atoms with Crippen LogP contribution in [0.2, 0.25) is 0 Å². The monoisotopic (exact) mass is 374 g/mol. The molecule has 1 aromatic carbocycles. The molecule has 0 saturated carbocycles. The fourth-order valence-corrected chi connectivity index (χ4v) is 2.45. The van der Waals surface area contributed by atoms with E-state index in [1.54, 1.807) is 12.1 Å². The van der Waals surface area contributed by atoms with Gasteiger partial charge in [0.25, 0.3) is 0 Å². The lowest BCUT2D eigenvalue weighted by atomic mass is 10.00. The topological polar surface area (TPSA) is 157 Å². The number of nitrogens with one attached hydrogen (secondary N) is 1. The molecule has 0 amide bonds. The Kier molecular flexibility index (Phi) is 6.32. The molecule has 0 saturated heterocycles. The third-order valence-corrected chi connectivity index (χ3v) is 3.83. The highest BCUT2D eigenvalue weighted by Gasteiger charge is 2.26. The number of nitrogens with zero attached hydrogens (tertiary/aromatic N) is 1. The van der Waals surface area contributed by atoms with E-state index in [2.05, 4.69) is 10.3 Å². The third-order valence-electron chi connectivity index (χ3n) is 3.83. The number of rotatable bonds is 7. The Hall–Kier alpha value is -3.62. The van der Waals surface area contributed by atoms with Crippen LogP contribution in [-0.2, 0) is 20.8 Å². The number of benzene rings is 1. The number of carboxylic acids is 3. The number of aliphatic imine (C=N–C) groups is 1. The van der Waals surface area contributed by atoms with Crippen LogP contribution in [0, 0.1) is 0 Å². The van der Waals surface area contributed by atoms with Crippen LogP contribution in [0.1, 0.15) is 12.0 Å². The van der Waals surface area contributed by atoms with Crippen molar-refractivity contribution in [1.29, 1.82) is 0 Å². The van der Waals surface area contributed by atoms with Crippen LogP contribution >= 0.6 is 0 Å². The second-order valence-electron chi connectivity index (χ2n) is 5.87. The number of carboxylic acid groups (broad SMARTS) is 3. The summed E-state index contributed by atoms with van der Waals surface area (Å²) in [4.78, 5) is 37.6. The zero-order chi connectivity index (χ0) is 20.0. The molecule has 2 rings (SSSR count). The molecule has 2 atom stereocenters.